The minimum Gasteiger partial charge on any atom is -0.444 e. The minimum absolute atomic E-state index is 0.0311. The number of carbonyl (C=O) groups is 1. The Morgan fingerprint density at radius 2 is 1.71 bits per heavy atom. The van der Waals surface area contributed by atoms with Crippen LogP contribution in [0.15, 0.2) is 17.2 Å². The van der Waals surface area contributed by atoms with Crippen LogP contribution in [0.3, 0.4) is 0 Å². The molecule has 4 heterocycles. The van der Waals surface area contributed by atoms with Gasteiger partial charge in [-0.2, -0.15) is 4.98 Å². The monoisotopic (exact) mass is 719 g/mol. The van der Waals surface area contributed by atoms with E-state index in [9.17, 15) is 9.59 Å². The van der Waals surface area contributed by atoms with Crippen molar-refractivity contribution in [3.63, 3.8) is 0 Å². The van der Waals surface area contributed by atoms with Crippen molar-refractivity contribution < 1.29 is 14.0 Å². The topological polar surface area (TPSA) is 116 Å². The maximum Gasteiger partial charge on any atom is 0.410 e. The van der Waals surface area contributed by atoms with Crippen LogP contribution in [0.5, 0.6) is 0 Å². The van der Waals surface area contributed by atoms with Crippen molar-refractivity contribution in [1.29, 1.82) is 0 Å². The largest absolute Gasteiger partial charge is 0.444 e. The van der Waals surface area contributed by atoms with Crippen LogP contribution in [0.2, 0.25) is 28.3 Å². The lowest BCUT2D eigenvalue weighted by molar-refractivity contribution is 0.0130. The predicted molar refractivity (Wildman–Crippen MR) is 196 cm³/mol. The number of pyridine rings is 1. The average Bonchev–Trinajstić information content (AvgIpc) is 2.95. The molecule has 3 aromatic rings. The SMILES string of the molecule is CC(C)c1ncnc(CCCO[Si](C)(C)C(C)(C)C)c1-n1c(=O)nc(N2C[C@@H](C)N(C(=O)OC(C)(C)C)C[C@@H]2C)c2cc(Cl)c(Cl)nc21. The zero-order valence-corrected chi connectivity index (χ0v) is 33.0. The van der Waals surface area contributed by atoms with Gasteiger partial charge in [0.25, 0.3) is 0 Å². The standard InChI is InChI=1S/C34H51Cl2N7O4Si/c1-20(2)26-27(25(37-19-38-26)14-13-15-46-48(11,12)34(8,9)10)43-30-23(16-24(35)28(36)39-30)29(40-31(43)44)41-17-22(4)42(18-21(41)3)32(45)47-33(5,6)7/h16,19-22H,13-15,17-18H2,1-12H3/t21-,22+/m0/s1. The maximum atomic E-state index is 14.3. The van der Waals surface area contributed by atoms with Crippen molar-refractivity contribution in [3.05, 3.63) is 44.4 Å². The highest BCUT2D eigenvalue weighted by Gasteiger charge is 2.38. The van der Waals surface area contributed by atoms with E-state index in [0.717, 1.165) is 0 Å². The van der Waals surface area contributed by atoms with Gasteiger partial charge in [0.2, 0.25) is 0 Å². The van der Waals surface area contributed by atoms with E-state index >= 15 is 0 Å². The number of hydrogen-bond donors (Lipinski definition) is 0. The molecule has 1 amide bonds. The van der Waals surface area contributed by atoms with E-state index in [1.807, 2.05) is 53.4 Å². The summed E-state index contributed by atoms with van der Waals surface area (Å²) in [5, 5.41) is 0.959. The molecule has 264 valence electrons. The Kier molecular flexibility index (Phi) is 11.2. The molecule has 1 fully saturated rings. The number of anilines is 1. The Labute approximate surface area is 295 Å². The van der Waals surface area contributed by atoms with E-state index in [0.29, 0.717) is 66.5 Å². The van der Waals surface area contributed by atoms with Crippen molar-refractivity contribution in [2.75, 3.05) is 24.6 Å². The summed E-state index contributed by atoms with van der Waals surface area (Å²) in [6.07, 6.45) is 2.44. The number of carbonyl (C=O) groups excluding carboxylic acids is 1. The summed E-state index contributed by atoms with van der Waals surface area (Å²) >= 11 is 13.1. The van der Waals surface area contributed by atoms with Gasteiger partial charge in [-0.25, -0.2) is 29.1 Å². The van der Waals surface area contributed by atoms with Crippen molar-refractivity contribution in [3.8, 4) is 5.69 Å². The van der Waals surface area contributed by atoms with Gasteiger partial charge < -0.3 is 19.0 Å². The van der Waals surface area contributed by atoms with Crippen LogP contribution < -0.4 is 10.6 Å². The van der Waals surface area contributed by atoms with Crippen molar-refractivity contribution in [2.45, 2.75) is 124 Å². The van der Waals surface area contributed by atoms with Gasteiger partial charge in [-0.3, -0.25) is 0 Å². The summed E-state index contributed by atoms with van der Waals surface area (Å²) in [4.78, 5) is 49.6. The van der Waals surface area contributed by atoms with Crippen LogP contribution in [0.4, 0.5) is 10.6 Å². The first-order chi connectivity index (χ1) is 22.1. The predicted octanol–water partition coefficient (Wildman–Crippen LogP) is 7.79. The number of nitrogens with zero attached hydrogens (tertiary/aromatic N) is 7. The summed E-state index contributed by atoms with van der Waals surface area (Å²) in [6.45, 7) is 26.0. The minimum atomic E-state index is -1.93. The fourth-order valence-electron chi connectivity index (χ4n) is 5.56. The summed E-state index contributed by atoms with van der Waals surface area (Å²) in [7, 11) is -1.93. The zero-order chi connectivity index (χ0) is 35.9. The lowest BCUT2D eigenvalue weighted by Gasteiger charge is -2.44. The fraction of sp³-hybridized carbons (Fsp3) is 0.647. The summed E-state index contributed by atoms with van der Waals surface area (Å²) in [5.41, 5.74) is 1.11. The Morgan fingerprint density at radius 1 is 1.04 bits per heavy atom. The number of rotatable bonds is 8. The van der Waals surface area contributed by atoms with Crippen molar-refractivity contribution >= 4 is 54.5 Å². The van der Waals surface area contributed by atoms with E-state index in [4.69, 9.17) is 32.4 Å². The van der Waals surface area contributed by atoms with E-state index in [1.54, 1.807) is 17.3 Å². The molecular weight excluding hydrogens is 669 g/mol. The summed E-state index contributed by atoms with van der Waals surface area (Å²) in [6, 6.07) is 1.28. The number of halogens is 2. The second kappa shape index (κ2) is 14.2. The highest BCUT2D eigenvalue weighted by Crippen LogP contribution is 2.37. The van der Waals surface area contributed by atoms with Crippen LogP contribution in [0.25, 0.3) is 16.7 Å². The molecule has 4 rings (SSSR count). The van der Waals surface area contributed by atoms with E-state index in [-0.39, 0.29) is 39.3 Å². The molecule has 1 aliphatic rings. The van der Waals surface area contributed by atoms with Gasteiger partial charge in [-0.15, -0.1) is 0 Å². The molecular formula is C34H51Cl2N7O4Si. The summed E-state index contributed by atoms with van der Waals surface area (Å²) in [5.74, 6) is 0.393. The molecule has 14 heteroatoms. The fourth-order valence-corrected chi connectivity index (χ4v) is 6.94. The quantitative estimate of drug-likeness (QED) is 0.131. The molecule has 0 radical (unpaired) electrons. The van der Waals surface area contributed by atoms with E-state index in [1.165, 1.54) is 4.57 Å². The van der Waals surface area contributed by atoms with Crippen LogP contribution in [-0.2, 0) is 15.6 Å². The highest BCUT2D eigenvalue weighted by molar-refractivity contribution is 6.74. The molecule has 0 aliphatic carbocycles. The highest BCUT2D eigenvalue weighted by atomic mass is 35.5. The number of aryl methyl sites for hydroxylation is 1. The third-order valence-corrected chi connectivity index (χ3v) is 14.4. The van der Waals surface area contributed by atoms with Crippen molar-refractivity contribution in [2.24, 2.45) is 0 Å². The zero-order valence-electron chi connectivity index (χ0n) is 30.4. The number of hydrogen-bond acceptors (Lipinski definition) is 9. The molecule has 48 heavy (non-hydrogen) atoms. The molecule has 0 unspecified atom stereocenters. The van der Waals surface area contributed by atoms with E-state index < -0.39 is 19.6 Å². The molecule has 11 nitrogen and oxygen atoms in total. The molecule has 0 N–H and O–H groups in total. The van der Waals surface area contributed by atoms with Gasteiger partial charge in [0.15, 0.2) is 14.0 Å². The first-order valence-electron chi connectivity index (χ1n) is 16.7. The Bertz CT molecular complexity index is 1720. The number of aromatic nitrogens is 5. The molecule has 0 spiro atoms. The van der Waals surface area contributed by atoms with Crippen molar-refractivity contribution in [1.82, 2.24) is 29.4 Å². The molecule has 2 atom stereocenters. The maximum absolute atomic E-state index is 14.3. The number of piperazine rings is 1. The molecule has 3 aromatic heterocycles. The van der Waals surface area contributed by atoms with Gasteiger partial charge >= 0.3 is 11.8 Å². The number of fused-ring (bicyclic) bond motifs is 1. The van der Waals surface area contributed by atoms with Crippen LogP contribution in [0.1, 0.15) is 93.0 Å². The third-order valence-electron chi connectivity index (χ3n) is 9.17. The van der Waals surface area contributed by atoms with Gasteiger partial charge in [0.1, 0.15) is 22.9 Å². The lowest BCUT2D eigenvalue weighted by atomic mass is 10.0. The van der Waals surface area contributed by atoms with Gasteiger partial charge in [0, 0.05) is 31.8 Å². The second-order valence-corrected chi connectivity index (χ2v) is 21.2. The average molecular weight is 721 g/mol. The smallest absolute Gasteiger partial charge is 0.410 e. The third kappa shape index (κ3) is 8.14. The molecule has 1 aliphatic heterocycles. The van der Waals surface area contributed by atoms with Gasteiger partial charge in [-0.05, 0) is 77.6 Å². The molecule has 0 aromatic carbocycles. The van der Waals surface area contributed by atoms with Gasteiger partial charge in [0.05, 0.1) is 27.5 Å². The first-order valence-corrected chi connectivity index (χ1v) is 20.3. The molecule has 0 bridgehead atoms. The van der Waals surface area contributed by atoms with Crippen LogP contribution in [0, 0.1) is 0 Å². The van der Waals surface area contributed by atoms with E-state index in [2.05, 4.69) is 53.8 Å². The summed E-state index contributed by atoms with van der Waals surface area (Å²) < 4.78 is 13.6. The lowest BCUT2D eigenvalue weighted by Crippen LogP contribution is -2.59. The normalized spacial score (nSPS) is 17.8. The Balaban J connectivity index is 1.80. The van der Waals surface area contributed by atoms with Crippen LogP contribution >= 0.6 is 23.2 Å². The Hall–Kier alpha value is -2.80. The van der Waals surface area contributed by atoms with Gasteiger partial charge in [-0.1, -0.05) is 57.8 Å². The molecule has 1 saturated heterocycles. The van der Waals surface area contributed by atoms with Crippen LogP contribution in [-0.4, -0.2) is 81.2 Å². The Morgan fingerprint density at radius 3 is 2.31 bits per heavy atom. The second-order valence-electron chi connectivity index (χ2n) is 15.6. The number of amides is 1. The number of ether oxygens (including phenoxy) is 1. The molecule has 0 saturated carbocycles. The first kappa shape index (κ1) is 38.0.